The van der Waals surface area contributed by atoms with Gasteiger partial charge in [0.2, 0.25) is 0 Å². The van der Waals surface area contributed by atoms with E-state index in [1.165, 1.54) is 12.1 Å². The number of aliphatic hydroxyl groups excluding tert-OH is 1. The number of aliphatic hydroxyl groups is 1. The number of anilines is 1. The minimum Gasteiger partial charge on any atom is -0.395 e. The van der Waals surface area contributed by atoms with Gasteiger partial charge in [0.15, 0.2) is 0 Å². The number of β-amino-alcohol motifs (C(OH)–C–C–N with tert-alkyl or cyclic N) is 1. The minimum absolute atomic E-state index is 0.0441. The molecule has 0 spiro atoms. The van der Waals surface area contributed by atoms with Crippen LogP contribution in [0.3, 0.4) is 0 Å². The van der Waals surface area contributed by atoms with E-state index in [9.17, 15) is 19.7 Å². The second-order valence-corrected chi connectivity index (χ2v) is 4.56. The molecule has 1 aliphatic heterocycles. The Kier molecular flexibility index (Phi) is 4.20. The SMILES string of the molecule is O=C1C=C(Nc2ccc(Cl)cc2[N+](=O)[O-])C(=O)N1CCO. The molecule has 1 aliphatic rings. The Morgan fingerprint density at radius 2 is 2.10 bits per heavy atom. The van der Waals surface area contributed by atoms with Crippen molar-refractivity contribution in [3.63, 3.8) is 0 Å². The zero-order valence-electron chi connectivity index (χ0n) is 10.6. The van der Waals surface area contributed by atoms with Crippen LogP contribution in [0.15, 0.2) is 30.0 Å². The summed E-state index contributed by atoms with van der Waals surface area (Å²) in [5.41, 5.74) is -0.370. The fourth-order valence-electron chi connectivity index (χ4n) is 1.82. The quantitative estimate of drug-likeness (QED) is 0.474. The third kappa shape index (κ3) is 3.01. The number of carbonyl (C=O) groups is 2. The highest BCUT2D eigenvalue weighted by Crippen LogP contribution is 2.29. The summed E-state index contributed by atoms with van der Waals surface area (Å²) in [6.07, 6.45) is 1.02. The lowest BCUT2D eigenvalue weighted by molar-refractivity contribution is -0.383. The molecular weight excluding hydrogens is 302 g/mol. The van der Waals surface area contributed by atoms with Crippen LogP contribution in [0.2, 0.25) is 5.02 Å². The molecule has 8 nitrogen and oxygen atoms in total. The third-order valence-corrected chi connectivity index (χ3v) is 2.99. The summed E-state index contributed by atoms with van der Waals surface area (Å²) in [5, 5.41) is 22.5. The predicted molar refractivity (Wildman–Crippen MR) is 73.6 cm³/mol. The van der Waals surface area contributed by atoms with Gasteiger partial charge in [-0.05, 0) is 12.1 Å². The van der Waals surface area contributed by atoms with Crippen molar-refractivity contribution < 1.29 is 19.6 Å². The Hall–Kier alpha value is -2.45. The Morgan fingerprint density at radius 1 is 1.38 bits per heavy atom. The lowest BCUT2D eigenvalue weighted by atomic mass is 10.2. The second kappa shape index (κ2) is 5.90. The van der Waals surface area contributed by atoms with Crippen LogP contribution in [0, 0.1) is 10.1 Å². The second-order valence-electron chi connectivity index (χ2n) is 4.12. The molecule has 1 aromatic carbocycles. The van der Waals surface area contributed by atoms with Gasteiger partial charge in [0.1, 0.15) is 11.4 Å². The Labute approximate surface area is 123 Å². The average molecular weight is 312 g/mol. The average Bonchev–Trinajstić information content (AvgIpc) is 2.68. The third-order valence-electron chi connectivity index (χ3n) is 2.76. The zero-order chi connectivity index (χ0) is 15.6. The van der Waals surface area contributed by atoms with Crippen LogP contribution in [-0.4, -0.2) is 39.9 Å². The molecule has 21 heavy (non-hydrogen) atoms. The topological polar surface area (TPSA) is 113 Å². The first-order valence-electron chi connectivity index (χ1n) is 5.83. The number of nitro groups is 1. The summed E-state index contributed by atoms with van der Waals surface area (Å²) in [6, 6.07) is 3.90. The van der Waals surface area contributed by atoms with Gasteiger partial charge in [-0.2, -0.15) is 0 Å². The summed E-state index contributed by atoms with van der Waals surface area (Å²) in [6.45, 7) is -0.498. The lowest BCUT2D eigenvalue weighted by Crippen LogP contribution is -2.34. The van der Waals surface area contributed by atoms with E-state index in [-0.39, 0.29) is 35.2 Å². The Morgan fingerprint density at radius 3 is 2.71 bits per heavy atom. The van der Waals surface area contributed by atoms with Crippen molar-refractivity contribution in [3.8, 4) is 0 Å². The first-order chi connectivity index (χ1) is 9.93. The van der Waals surface area contributed by atoms with Crippen LogP contribution in [0.25, 0.3) is 0 Å². The summed E-state index contributed by atoms with van der Waals surface area (Å²) < 4.78 is 0. The zero-order valence-corrected chi connectivity index (χ0v) is 11.3. The minimum atomic E-state index is -0.654. The van der Waals surface area contributed by atoms with Gasteiger partial charge in [-0.1, -0.05) is 11.6 Å². The molecule has 0 unspecified atom stereocenters. The summed E-state index contributed by atoms with van der Waals surface area (Å²) in [5.74, 6) is -1.24. The van der Waals surface area contributed by atoms with Gasteiger partial charge in [-0.15, -0.1) is 0 Å². The molecule has 1 aromatic rings. The van der Waals surface area contributed by atoms with Gasteiger partial charge >= 0.3 is 0 Å². The maximum atomic E-state index is 11.9. The lowest BCUT2D eigenvalue weighted by Gasteiger charge is -2.13. The fourth-order valence-corrected chi connectivity index (χ4v) is 1.98. The highest BCUT2D eigenvalue weighted by Gasteiger charge is 2.31. The van der Waals surface area contributed by atoms with E-state index >= 15 is 0 Å². The molecule has 110 valence electrons. The van der Waals surface area contributed by atoms with Crippen LogP contribution < -0.4 is 5.32 Å². The van der Waals surface area contributed by atoms with Crippen molar-refractivity contribution >= 4 is 34.8 Å². The Bertz CT molecular complexity index is 658. The van der Waals surface area contributed by atoms with E-state index in [1.807, 2.05) is 0 Å². The highest BCUT2D eigenvalue weighted by molar-refractivity contribution is 6.31. The summed E-state index contributed by atoms with van der Waals surface area (Å²) >= 11 is 5.69. The molecule has 1 heterocycles. The van der Waals surface area contributed by atoms with Gasteiger partial charge < -0.3 is 10.4 Å². The molecule has 9 heteroatoms. The maximum absolute atomic E-state index is 11.9. The van der Waals surface area contributed by atoms with Gasteiger partial charge in [0, 0.05) is 17.2 Å². The smallest absolute Gasteiger partial charge is 0.294 e. The number of nitrogens with zero attached hydrogens (tertiary/aromatic N) is 2. The van der Waals surface area contributed by atoms with Crippen LogP contribution in [0.1, 0.15) is 0 Å². The number of carbonyl (C=O) groups excluding carboxylic acids is 2. The van der Waals surface area contributed by atoms with E-state index in [4.69, 9.17) is 16.7 Å². The number of rotatable bonds is 5. The summed E-state index contributed by atoms with van der Waals surface area (Å²) in [7, 11) is 0. The number of imide groups is 1. The van der Waals surface area contributed by atoms with Gasteiger partial charge in [-0.25, -0.2) is 0 Å². The van der Waals surface area contributed by atoms with Crippen molar-refractivity contribution in [2.24, 2.45) is 0 Å². The molecule has 2 amide bonds. The highest BCUT2D eigenvalue weighted by atomic mass is 35.5. The number of amides is 2. The number of hydrogen-bond donors (Lipinski definition) is 2. The summed E-state index contributed by atoms with van der Waals surface area (Å²) in [4.78, 5) is 34.6. The van der Waals surface area contributed by atoms with E-state index in [0.29, 0.717) is 0 Å². The van der Waals surface area contributed by atoms with E-state index in [0.717, 1.165) is 17.0 Å². The van der Waals surface area contributed by atoms with Crippen molar-refractivity contribution in [2.75, 3.05) is 18.5 Å². The molecule has 0 bridgehead atoms. The largest absolute Gasteiger partial charge is 0.395 e. The van der Waals surface area contributed by atoms with Gasteiger partial charge in [-0.3, -0.25) is 24.6 Å². The van der Waals surface area contributed by atoms with E-state index in [1.54, 1.807) is 0 Å². The van der Waals surface area contributed by atoms with Crippen LogP contribution in [-0.2, 0) is 9.59 Å². The van der Waals surface area contributed by atoms with Crippen LogP contribution in [0.5, 0.6) is 0 Å². The monoisotopic (exact) mass is 311 g/mol. The van der Waals surface area contributed by atoms with E-state index in [2.05, 4.69) is 5.32 Å². The predicted octanol–water partition coefficient (Wildman–Crippen LogP) is 0.905. The number of nitrogens with one attached hydrogen (secondary N) is 1. The molecule has 0 saturated heterocycles. The first-order valence-corrected chi connectivity index (χ1v) is 6.21. The van der Waals surface area contributed by atoms with E-state index < -0.39 is 16.7 Å². The van der Waals surface area contributed by atoms with Crippen LogP contribution in [0.4, 0.5) is 11.4 Å². The van der Waals surface area contributed by atoms with Gasteiger partial charge in [0.05, 0.1) is 18.1 Å². The molecule has 2 N–H and O–H groups in total. The molecule has 0 atom stereocenters. The molecule has 0 aliphatic carbocycles. The van der Waals surface area contributed by atoms with Crippen molar-refractivity contribution in [3.05, 3.63) is 45.1 Å². The molecule has 0 radical (unpaired) electrons. The molecule has 0 fully saturated rings. The standard InChI is InChI=1S/C12H10ClN3O5/c13-7-1-2-8(10(5-7)16(20)21)14-9-6-11(18)15(3-4-17)12(9)19/h1-2,5-6,14,17H,3-4H2. The molecule has 2 rings (SSSR count). The van der Waals surface area contributed by atoms with Gasteiger partial charge in [0.25, 0.3) is 17.5 Å². The molecular formula is C12H10ClN3O5. The Balaban J connectivity index is 2.28. The number of benzene rings is 1. The number of nitro benzene ring substituents is 1. The normalized spacial score (nSPS) is 14.4. The first kappa shape index (κ1) is 14.9. The molecule has 0 saturated carbocycles. The van der Waals surface area contributed by atoms with Crippen molar-refractivity contribution in [2.45, 2.75) is 0 Å². The van der Waals surface area contributed by atoms with Crippen molar-refractivity contribution in [1.82, 2.24) is 4.90 Å². The van der Waals surface area contributed by atoms with Crippen LogP contribution >= 0.6 is 11.6 Å². The maximum Gasteiger partial charge on any atom is 0.294 e. The van der Waals surface area contributed by atoms with Crippen molar-refractivity contribution in [1.29, 1.82) is 0 Å². The number of halogens is 1. The molecule has 0 aromatic heterocycles. The number of hydrogen-bond acceptors (Lipinski definition) is 6. The fraction of sp³-hybridized carbons (Fsp3) is 0.167.